The maximum absolute atomic E-state index is 13.3. The lowest BCUT2D eigenvalue weighted by molar-refractivity contribution is -0.115. The third kappa shape index (κ3) is 1.90. The maximum atomic E-state index is 13.3. The first-order valence-electron chi connectivity index (χ1n) is 4.52. The van der Waals surface area contributed by atoms with Crippen LogP contribution in [0, 0.1) is 5.82 Å². The predicted octanol–water partition coefficient (Wildman–Crippen LogP) is 1.94. The van der Waals surface area contributed by atoms with E-state index in [0.717, 1.165) is 0 Å². The summed E-state index contributed by atoms with van der Waals surface area (Å²) in [5.41, 5.74) is 0.803. The summed E-state index contributed by atoms with van der Waals surface area (Å²) in [5, 5.41) is 2.46. The molecule has 0 fully saturated rings. The molecule has 5 heteroatoms. The topological polar surface area (TPSA) is 38.3 Å². The van der Waals surface area contributed by atoms with E-state index in [0.29, 0.717) is 23.8 Å². The fourth-order valence-corrected chi connectivity index (χ4v) is 1.62. The first-order valence-corrected chi connectivity index (χ1v) is 5.06. The Morgan fingerprint density at radius 1 is 1.53 bits per heavy atom. The van der Waals surface area contributed by atoms with Crippen molar-refractivity contribution in [3.63, 3.8) is 0 Å². The van der Waals surface area contributed by atoms with Gasteiger partial charge in [0.15, 0.2) is 0 Å². The van der Waals surface area contributed by atoms with Gasteiger partial charge in [-0.15, -0.1) is 11.6 Å². The summed E-state index contributed by atoms with van der Waals surface area (Å²) in [6.07, 6.45) is 0.157. The molecule has 1 amide bonds. The number of rotatable bonds is 3. The molecule has 3 nitrogen and oxygen atoms in total. The van der Waals surface area contributed by atoms with Crippen LogP contribution in [0.4, 0.5) is 10.1 Å². The Balaban J connectivity index is 2.34. The Kier molecular flexibility index (Phi) is 2.77. The van der Waals surface area contributed by atoms with Gasteiger partial charge in [0.1, 0.15) is 18.2 Å². The zero-order valence-corrected chi connectivity index (χ0v) is 8.60. The molecule has 80 valence electrons. The van der Waals surface area contributed by atoms with Gasteiger partial charge in [-0.1, -0.05) is 0 Å². The van der Waals surface area contributed by atoms with Crippen molar-refractivity contribution in [2.24, 2.45) is 0 Å². The molecular weight excluding hydrogens is 221 g/mol. The molecule has 0 saturated carbocycles. The van der Waals surface area contributed by atoms with E-state index >= 15 is 0 Å². The van der Waals surface area contributed by atoms with Gasteiger partial charge in [0, 0.05) is 5.56 Å². The molecular formula is C10H9ClFNO2. The van der Waals surface area contributed by atoms with E-state index in [2.05, 4.69) is 5.32 Å². The number of carbonyl (C=O) groups excluding carboxylic acids is 1. The lowest BCUT2D eigenvalue weighted by atomic mass is 10.1. The largest absolute Gasteiger partial charge is 0.492 e. The van der Waals surface area contributed by atoms with Crippen molar-refractivity contribution in [1.29, 1.82) is 0 Å². The summed E-state index contributed by atoms with van der Waals surface area (Å²) in [7, 11) is 0. The van der Waals surface area contributed by atoms with Crippen LogP contribution in [0.2, 0.25) is 0 Å². The number of benzene rings is 1. The van der Waals surface area contributed by atoms with Gasteiger partial charge in [0.05, 0.1) is 18.0 Å². The van der Waals surface area contributed by atoms with Crippen LogP contribution in [-0.2, 0) is 11.2 Å². The molecule has 2 rings (SSSR count). The Bertz CT molecular complexity index is 409. The van der Waals surface area contributed by atoms with Crippen molar-refractivity contribution in [3.05, 3.63) is 23.5 Å². The number of nitrogens with one attached hydrogen (secondary N) is 1. The van der Waals surface area contributed by atoms with Crippen LogP contribution in [0.5, 0.6) is 5.75 Å². The zero-order chi connectivity index (χ0) is 10.8. The summed E-state index contributed by atoms with van der Waals surface area (Å²) < 4.78 is 18.6. The van der Waals surface area contributed by atoms with Crippen LogP contribution in [0.3, 0.4) is 0 Å². The lowest BCUT2D eigenvalue weighted by Crippen LogP contribution is -2.04. The zero-order valence-electron chi connectivity index (χ0n) is 7.85. The molecule has 1 N–H and O–H groups in total. The summed E-state index contributed by atoms with van der Waals surface area (Å²) in [6, 6.07) is 2.79. The number of ether oxygens (including phenoxy) is 1. The second-order valence-electron chi connectivity index (χ2n) is 3.16. The maximum Gasteiger partial charge on any atom is 0.229 e. The Morgan fingerprint density at radius 2 is 2.33 bits per heavy atom. The average molecular weight is 230 g/mol. The molecule has 1 aromatic rings. The monoisotopic (exact) mass is 229 g/mol. The van der Waals surface area contributed by atoms with E-state index in [1.54, 1.807) is 0 Å². The molecule has 0 saturated heterocycles. The molecule has 1 aliphatic heterocycles. The van der Waals surface area contributed by atoms with Crippen molar-refractivity contribution in [2.45, 2.75) is 6.42 Å². The van der Waals surface area contributed by atoms with Crippen LogP contribution >= 0.6 is 11.6 Å². The van der Waals surface area contributed by atoms with E-state index in [1.807, 2.05) is 0 Å². The first-order chi connectivity index (χ1) is 7.22. The summed E-state index contributed by atoms with van der Waals surface area (Å²) in [6.45, 7) is 0.341. The van der Waals surface area contributed by atoms with Gasteiger partial charge in [-0.3, -0.25) is 4.79 Å². The van der Waals surface area contributed by atoms with Crippen LogP contribution in [-0.4, -0.2) is 18.4 Å². The minimum Gasteiger partial charge on any atom is -0.492 e. The van der Waals surface area contributed by atoms with E-state index in [-0.39, 0.29) is 18.0 Å². The number of amides is 1. The highest BCUT2D eigenvalue weighted by molar-refractivity contribution is 6.18. The highest BCUT2D eigenvalue weighted by Gasteiger charge is 2.24. The van der Waals surface area contributed by atoms with Crippen LogP contribution in [0.25, 0.3) is 0 Å². The molecule has 0 unspecified atom stereocenters. The normalized spacial score (nSPS) is 13.6. The number of hydrogen-bond acceptors (Lipinski definition) is 2. The number of hydrogen-bond donors (Lipinski definition) is 1. The van der Waals surface area contributed by atoms with Gasteiger partial charge < -0.3 is 10.1 Å². The fourth-order valence-electron chi connectivity index (χ4n) is 1.54. The fraction of sp³-hybridized carbons (Fsp3) is 0.300. The van der Waals surface area contributed by atoms with Gasteiger partial charge in [0.25, 0.3) is 0 Å². The molecule has 0 aliphatic carbocycles. The first kappa shape index (κ1) is 10.2. The van der Waals surface area contributed by atoms with Gasteiger partial charge >= 0.3 is 0 Å². The van der Waals surface area contributed by atoms with Crippen LogP contribution < -0.4 is 10.1 Å². The minimum absolute atomic E-state index is 0.157. The Morgan fingerprint density at radius 3 is 3.07 bits per heavy atom. The molecule has 0 spiro atoms. The van der Waals surface area contributed by atoms with E-state index in [4.69, 9.17) is 16.3 Å². The smallest absolute Gasteiger partial charge is 0.229 e. The second kappa shape index (κ2) is 4.06. The SMILES string of the molecule is O=C1Cc2c(OCCCl)ccc(F)c2N1. The van der Waals surface area contributed by atoms with Gasteiger partial charge in [-0.25, -0.2) is 4.39 Å². The van der Waals surface area contributed by atoms with Gasteiger partial charge in [0.2, 0.25) is 5.91 Å². The Hall–Kier alpha value is -1.29. The molecule has 1 aromatic carbocycles. The van der Waals surface area contributed by atoms with Crippen molar-refractivity contribution >= 4 is 23.2 Å². The standard InChI is InChI=1S/C10H9ClFNO2/c11-3-4-15-8-2-1-7(12)10-6(8)5-9(14)13-10/h1-2H,3-5H2,(H,13,14). The number of halogens is 2. The second-order valence-corrected chi connectivity index (χ2v) is 3.54. The third-order valence-electron chi connectivity index (χ3n) is 2.16. The van der Waals surface area contributed by atoms with Gasteiger partial charge in [-0.2, -0.15) is 0 Å². The molecule has 1 aliphatic rings. The highest BCUT2D eigenvalue weighted by atomic mass is 35.5. The molecule has 15 heavy (non-hydrogen) atoms. The predicted molar refractivity (Wildman–Crippen MR) is 54.9 cm³/mol. The molecule has 0 bridgehead atoms. The number of carbonyl (C=O) groups is 1. The third-order valence-corrected chi connectivity index (χ3v) is 2.31. The quantitative estimate of drug-likeness (QED) is 0.805. The summed E-state index contributed by atoms with van der Waals surface area (Å²) in [4.78, 5) is 11.1. The van der Waals surface area contributed by atoms with Crippen LogP contribution in [0.15, 0.2) is 12.1 Å². The molecule has 0 radical (unpaired) electrons. The average Bonchev–Trinajstić information content (AvgIpc) is 2.60. The number of anilines is 1. The van der Waals surface area contributed by atoms with E-state index in [9.17, 15) is 9.18 Å². The number of alkyl halides is 1. The van der Waals surface area contributed by atoms with Crippen molar-refractivity contribution in [2.75, 3.05) is 17.8 Å². The Labute approximate surface area is 91.2 Å². The molecule has 0 aromatic heterocycles. The summed E-state index contributed by atoms with van der Waals surface area (Å²) in [5.74, 6) is 0.221. The minimum atomic E-state index is -0.436. The van der Waals surface area contributed by atoms with Crippen molar-refractivity contribution in [3.8, 4) is 5.75 Å². The van der Waals surface area contributed by atoms with Crippen molar-refractivity contribution in [1.82, 2.24) is 0 Å². The molecule has 1 heterocycles. The van der Waals surface area contributed by atoms with E-state index in [1.165, 1.54) is 12.1 Å². The molecule has 0 atom stereocenters. The van der Waals surface area contributed by atoms with Crippen LogP contribution in [0.1, 0.15) is 5.56 Å². The summed E-state index contributed by atoms with van der Waals surface area (Å²) >= 11 is 5.48. The number of fused-ring (bicyclic) bond motifs is 1. The lowest BCUT2D eigenvalue weighted by Gasteiger charge is -2.08. The van der Waals surface area contributed by atoms with Crippen molar-refractivity contribution < 1.29 is 13.9 Å². The highest BCUT2D eigenvalue weighted by Crippen LogP contribution is 2.33. The van der Waals surface area contributed by atoms with E-state index < -0.39 is 5.82 Å². The van der Waals surface area contributed by atoms with Gasteiger partial charge in [-0.05, 0) is 12.1 Å².